The van der Waals surface area contributed by atoms with Gasteiger partial charge < -0.3 is 10.1 Å². The summed E-state index contributed by atoms with van der Waals surface area (Å²) in [6, 6.07) is 10.7. The van der Waals surface area contributed by atoms with E-state index in [2.05, 4.69) is 5.32 Å². The van der Waals surface area contributed by atoms with Crippen LogP contribution in [-0.4, -0.2) is 32.7 Å². The van der Waals surface area contributed by atoms with E-state index in [0.717, 1.165) is 22.7 Å². The summed E-state index contributed by atoms with van der Waals surface area (Å²) in [6.45, 7) is 5.24. The highest BCUT2D eigenvalue weighted by atomic mass is 32.2. The quantitative estimate of drug-likeness (QED) is 0.781. The molecule has 1 amide bonds. The Balaban J connectivity index is 2.24. The summed E-state index contributed by atoms with van der Waals surface area (Å²) in [6.07, 6.45) is 0.978. The van der Waals surface area contributed by atoms with Crippen molar-refractivity contribution in [3.8, 4) is 5.75 Å². The number of nitrogens with one attached hydrogen (secondary N) is 1. The molecule has 1 N–H and O–H groups in total. The zero-order chi connectivity index (χ0) is 20.2. The fraction of sp³-hybridized carbons (Fsp3) is 0.316. The fourth-order valence-electron chi connectivity index (χ4n) is 2.56. The van der Waals surface area contributed by atoms with E-state index in [4.69, 9.17) is 4.74 Å². The Morgan fingerprint density at radius 2 is 1.74 bits per heavy atom. The molecule has 0 aliphatic rings. The van der Waals surface area contributed by atoms with Gasteiger partial charge in [0.05, 0.1) is 18.0 Å². The van der Waals surface area contributed by atoms with Crippen molar-refractivity contribution in [2.24, 2.45) is 0 Å². The van der Waals surface area contributed by atoms with Crippen LogP contribution in [0.15, 0.2) is 48.5 Å². The second kappa shape index (κ2) is 8.39. The van der Waals surface area contributed by atoms with Gasteiger partial charge >= 0.3 is 0 Å². The Bertz CT molecular complexity index is 898. The number of hydrogen-bond acceptors (Lipinski definition) is 4. The second-order valence-electron chi connectivity index (χ2n) is 6.39. The zero-order valence-electron chi connectivity index (χ0n) is 15.6. The van der Waals surface area contributed by atoms with Gasteiger partial charge in [-0.2, -0.15) is 0 Å². The summed E-state index contributed by atoms with van der Waals surface area (Å²) in [5.41, 5.74) is 0.691. The maximum atomic E-state index is 13.2. The lowest BCUT2D eigenvalue weighted by Gasteiger charge is -2.28. The minimum atomic E-state index is -3.77. The van der Waals surface area contributed by atoms with E-state index in [0.29, 0.717) is 11.4 Å². The molecular formula is C19H23FN2O4S. The average molecular weight is 394 g/mol. The third kappa shape index (κ3) is 5.68. The van der Waals surface area contributed by atoms with Crippen LogP contribution < -0.4 is 14.4 Å². The number of ether oxygens (including phenoxy) is 1. The highest BCUT2D eigenvalue weighted by molar-refractivity contribution is 7.92. The summed E-state index contributed by atoms with van der Waals surface area (Å²) in [4.78, 5) is 12.6. The van der Waals surface area contributed by atoms with Gasteiger partial charge in [0.1, 0.15) is 17.6 Å². The molecule has 0 unspecified atom stereocenters. The summed E-state index contributed by atoms with van der Waals surface area (Å²) >= 11 is 0. The van der Waals surface area contributed by atoms with Crippen molar-refractivity contribution < 1.29 is 22.3 Å². The molecule has 0 aliphatic carbocycles. The van der Waals surface area contributed by atoms with E-state index < -0.39 is 27.8 Å². The first kappa shape index (κ1) is 20.7. The number of sulfonamides is 1. The molecule has 1 atom stereocenters. The SMILES string of the molecule is CC(C)Oc1cccc(NC(=O)[C@@H](C)N(c2ccc(F)cc2)S(C)(=O)=O)c1. The smallest absolute Gasteiger partial charge is 0.247 e. The van der Waals surface area contributed by atoms with Crippen LogP contribution in [-0.2, 0) is 14.8 Å². The maximum Gasteiger partial charge on any atom is 0.247 e. The first-order valence-electron chi connectivity index (χ1n) is 8.40. The molecule has 0 radical (unpaired) electrons. The number of carbonyl (C=O) groups is 1. The van der Waals surface area contributed by atoms with E-state index >= 15 is 0 Å². The number of rotatable bonds is 7. The topological polar surface area (TPSA) is 75.7 Å². The Labute approximate surface area is 159 Å². The highest BCUT2D eigenvalue weighted by Gasteiger charge is 2.29. The number of anilines is 2. The Morgan fingerprint density at radius 3 is 2.30 bits per heavy atom. The van der Waals surface area contributed by atoms with Crippen LogP contribution in [0.3, 0.4) is 0 Å². The average Bonchev–Trinajstić information content (AvgIpc) is 2.55. The number of amides is 1. The van der Waals surface area contributed by atoms with Crippen molar-refractivity contribution >= 4 is 27.3 Å². The molecule has 0 aliphatic heterocycles. The molecule has 8 heteroatoms. The van der Waals surface area contributed by atoms with E-state index in [-0.39, 0.29) is 11.8 Å². The van der Waals surface area contributed by atoms with Gasteiger partial charge in [0.2, 0.25) is 15.9 Å². The van der Waals surface area contributed by atoms with Crippen LogP contribution >= 0.6 is 0 Å². The molecule has 0 bridgehead atoms. The monoisotopic (exact) mass is 394 g/mol. The van der Waals surface area contributed by atoms with E-state index in [1.165, 1.54) is 19.1 Å². The summed E-state index contributed by atoms with van der Waals surface area (Å²) < 4.78 is 44.1. The lowest BCUT2D eigenvalue weighted by Crippen LogP contribution is -2.45. The molecule has 6 nitrogen and oxygen atoms in total. The molecule has 0 saturated carbocycles. The molecule has 2 aromatic carbocycles. The van der Waals surface area contributed by atoms with Crippen molar-refractivity contribution in [3.05, 3.63) is 54.3 Å². The number of halogens is 1. The molecule has 0 fully saturated rings. The van der Waals surface area contributed by atoms with Gasteiger partial charge in [0, 0.05) is 11.8 Å². The van der Waals surface area contributed by atoms with Gasteiger partial charge in [-0.3, -0.25) is 9.10 Å². The van der Waals surface area contributed by atoms with Crippen LogP contribution in [0.5, 0.6) is 5.75 Å². The third-order valence-corrected chi connectivity index (χ3v) is 4.88. The number of nitrogens with zero attached hydrogens (tertiary/aromatic N) is 1. The van der Waals surface area contributed by atoms with Crippen LogP contribution in [0.2, 0.25) is 0 Å². The molecule has 2 aromatic rings. The van der Waals surface area contributed by atoms with Crippen LogP contribution in [0.4, 0.5) is 15.8 Å². The second-order valence-corrected chi connectivity index (χ2v) is 8.25. The zero-order valence-corrected chi connectivity index (χ0v) is 16.5. The van der Waals surface area contributed by atoms with Crippen LogP contribution in [0, 0.1) is 5.82 Å². The summed E-state index contributed by atoms with van der Waals surface area (Å²) in [5.74, 6) is -0.424. The molecule has 146 valence electrons. The van der Waals surface area contributed by atoms with Gasteiger partial charge in [0.25, 0.3) is 0 Å². The van der Waals surface area contributed by atoms with Gasteiger partial charge in [-0.1, -0.05) is 6.07 Å². The first-order chi connectivity index (χ1) is 12.6. The van der Waals surface area contributed by atoms with Crippen molar-refractivity contribution in [1.29, 1.82) is 0 Å². The molecule has 27 heavy (non-hydrogen) atoms. The fourth-order valence-corrected chi connectivity index (χ4v) is 3.74. The van der Waals surface area contributed by atoms with Gasteiger partial charge in [0.15, 0.2) is 0 Å². The number of carbonyl (C=O) groups excluding carboxylic acids is 1. The van der Waals surface area contributed by atoms with Crippen molar-refractivity contribution in [2.75, 3.05) is 15.9 Å². The Kier molecular flexibility index (Phi) is 6.43. The number of hydrogen-bond donors (Lipinski definition) is 1. The molecule has 0 saturated heterocycles. The normalized spacial score (nSPS) is 12.5. The Hall–Kier alpha value is -2.61. The van der Waals surface area contributed by atoms with Gasteiger partial charge in [-0.05, 0) is 57.2 Å². The minimum absolute atomic E-state index is 0.0194. The summed E-state index contributed by atoms with van der Waals surface area (Å²) in [7, 11) is -3.77. The predicted molar refractivity (Wildman–Crippen MR) is 104 cm³/mol. The third-order valence-electron chi connectivity index (χ3n) is 3.64. The van der Waals surface area contributed by atoms with Crippen molar-refractivity contribution in [1.82, 2.24) is 0 Å². The van der Waals surface area contributed by atoms with E-state index in [1.807, 2.05) is 13.8 Å². The van der Waals surface area contributed by atoms with Crippen LogP contribution in [0.25, 0.3) is 0 Å². The highest BCUT2D eigenvalue weighted by Crippen LogP contribution is 2.23. The predicted octanol–water partition coefficient (Wildman–Crippen LogP) is 3.41. The van der Waals surface area contributed by atoms with Crippen molar-refractivity contribution in [2.45, 2.75) is 32.9 Å². The lowest BCUT2D eigenvalue weighted by molar-refractivity contribution is -0.116. The first-order valence-corrected chi connectivity index (χ1v) is 10.3. The van der Waals surface area contributed by atoms with Crippen LogP contribution in [0.1, 0.15) is 20.8 Å². The molecule has 0 heterocycles. The van der Waals surface area contributed by atoms with Gasteiger partial charge in [-0.15, -0.1) is 0 Å². The minimum Gasteiger partial charge on any atom is -0.491 e. The van der Waals surface area contributed by atoms with Crippen molar-refractivity contribution in [3.63, 3.8) is 0 Å². The summed E-state index contributed by atoms with van der Waals surface area (Å²) in [5, 5.41) is 2.69. The van der Waals surface area contributed by atoms with Gasteiger partial charge in [-0.25, -0.2) is 12.8 Å². The number of benzene rings is 2. The van der Waals surface area contributed by atoms with E-state index in [9.17, 15) is 17.6 Å². The maximum absolute atomic E-state index is 13.2. The van der Waals surface area contributed by atoms with E-state index in [1.54, 1.807) is 24.3 Å². The molecular weight excluding hydrogens is 371 g/mol. The standard InChI is InChI=1S/C19H23FN2O4S/c1-13(2)26-18-7-5-6-16(12-18)21-19(23)14(3)22(27(4,24)25)17-10-8-15(20)9-11-17/h5-14H,1-4H3,(H,21,23)/t14-/m1/s1. The Morgan fingerprint density at radius 1 is 1.11 bits per heavy atom. The molecule has 0 aromatic heterocycles. The molecule has 0 spiro atoms. The lowest BCUT2D eigenvalue weighted by atomic mass is 10.2. The molecule has 2 rings (SSSR count). The largest absolute Gasteiger partial charge is 0.491 e.